The van der Waals surface area contributed by atoms with Crippen LogP contribution < -0.4 is 15.5 Å². The van der Waals surface area contributed by atoms with Crippen molar-refractivity contribution in [1.29, 1.82) is 0 Å². The molecule has 8 heteroatoms. The second-order valence-electron chi connectivity index (χ2n) is 6.49. The Morgan fingerprint density at radius 2 is 1.61 bits per heavy atom. The van der Waals surface area contributed by atoms with Crippen LogP contribution in [0.15, 0.2) is 77.9 Å². The van der Waals surface area contributed by atoms with Crippen molar-refractivity contribution in [1.82, 2.24) is 5.43 Å². The molecule has 158 valence electrons. The Kier molecular flexibility index (Phi) is 7.65. The number of hydrogen-bond donors (Lipinski definition) is 2. The van der Waals surface area contributed by atoms with Gasteiger partial charge in [-0.2, -0.15) is 5.10 Å². The molecule has 0 spiro atoms. The largest absolute Gasteiger partial charge is 0.484 e. The molecule has 0 saturated heterocycles. The van der Waals surface area contributed by atoms with Gasteiger partial charge in [-0.15, -0.1) is 0 Å². The number of rotatable bonds is 7. The number of benzene rings is 3. The Morgan fingerprint density at radius 1 is 0.935 bits per heavy atom. The second-order valence-corrected chi connectivity index (χ2v) is 7.33. The zero-order valence-corrected chi connectivity index (χ0v) is 18.1. The van der Waals surface area contributed by atoms with Crippen LogP contribution in [0.4, 0.5) is 5.69 Å². The first-order valence-corrected chi connectivity index (χ1v) is 10.1. The number of amides is 2. The maximum Gasteiger partial charge on any atom is 0.277 e. The molecule has 2 amide bonds. The van der Waals surface area contributed by atoms with Crippen molar-refractivity contribution in [3.63, 3.8) is 0 Å². The molecule has 3 aromatic rings. The summed E-state index contributed by atoms with van der Waals surface area (Å²) >= 11 is 11.9. The molecule has 0 aliphatic heterocycles. The molecule has 0 aliphatic rings. The topological polar surface area (TPSA) is 79.8 Å². The number of halogens is 2. The van der Waals surface area contributed by atoms with Crippen LogP contribution in [0.25, 0.3) is 0 Å². The first kappa shape index (κ1) is 22.3. The highest BCUT2D eigenvalue weighted by atomic mass is 35.5. The number of hydrogen-bond acceptors (Lipinski definition) is 4. The first-order valence-electron chi connectivity index (χ1n) is 9.30. The monoisotopic (exact) mass is 455 g/mol. The lowest BCUT2D eigenvalue weighted by atomic mass is 10.1. The summed E-state index contributed by atoms with van der Waals surface area (Å²) < 4.78 is 5.37. The van der Waals surface area contributed by atoms with Crippen LogP contribution in [0, 0.1) is 0 Å². The molecule has 0 unspecified atom stereocenters. The summed E-state index contributed by atoms with van der Waals surface area (Å²) in [6.45, 7) is 1.59. The molecule has 3 aromatic carbocycles. The molecule has 0 bridgehead atoms. The van der Waals surface area contributed by atoms with Crippen LogP contribution in [-0.4, -0.2) is 24.1 Å². The van der Waals surface area contributed by atoms with Crippen molar-refractivity contribution in [2.75, 3.05) is 11.9 Å². The predicted molar refractivity (Wildman–Crippen MR) is 123 cm³/mol. The smallest absolute Gasteiger partial charge is 0.277 e. The normalized spacial score (nSPS) is 11.0. The Bertz CT molecular complexity index is 1100. The first-order chi connectivity index (χ1) is 14.9. The molecule has 0 saturated carbocycles. The van der Waals surface area contributed by atoms with Crippen LogP contribution in [0.1, 0.15) is 22.8 Å². The number of carbonyl (C=O) groups is 2. The fraction of sp³-hybridized carbons (Fsp3) is 0.0870. The molecule has 3 rings (SSSR count). The van der Waals surface area contributed by atoms with E-state index in [1.54, 1.807) is 79.7 Å². The predicted octanol–water partition coefficient (Wildman–Crippen LogP) is 5.16. The van der Waals surface area contributed by atoms with Gasteiger partial charge in [0.25, 0.3) is 11.8 Å². The van der Waals surface area contributed by atoms with E-state index in [4.69, 9.17) is 27.9 Å². The summed E-state index contributed by atoms with van der Waals surface area (Å²) in [6, 6.07) is 20.6. The third kappa shape index (κ3) is 6.57. The highest BCUT2D eigenvalue weighted by molar-refractivity contribution is 6.34. The van der Waals surface area contributed by atoms with Gasteiger partial charge in [0.1, 0.15) is 5.75 Å². The maximum atomic E-state index is 12.3. The van der Waals surface area contributed by atoms with Crippen molar-refractivity contribution >= 4 is 46.4 Å². The van der Waals surface area contributed by atoms with E-state index in [1.165, 1.54) is 0 Å². The number of nitrogens with zero attached hydrogens (tertiary/aromatic N) is 1. The Morgan fingerprint density at radius 3 is 2.29 bits per heavy atom. The van der Waals surface area contributed by atoms with Gasteiger partial charge in [0.15, 0.2) is 6.61 Å². The molecular weight excluding hydrogens is 437 g/mol. The van der Waals surface area contributed by atoms with Crippen LogP contribution >= 0.6 is 23.2 Å². The van der Waals surface area contributed by atoms with E-state index in [0.29, 0.717) is 32.8 Å². The van der Waals surface area contributed by atoms with Crippen molar-refractivity contribution in [3.8, 4) is 5.75 Å². The van der Waals surface area contributed by atoms with Crippen molar-refractivity contribution < 1.29 is 14.3 Å². The molecule has 0 heterocycles. The van der Waals surface area contributed by atoms with Crippen molar-refractivity contribution in [2.45, 2.75) is 6.92 Å². The number of hydrazone groups is 1. The molecule has 0 atom stereocenters. The van der Waals surface area contributed by atoms with Gasteiger partial charge in [-0.1, -0.05) is 47.5 Å². The molecule has 6 nitrogen and oxygen atoms in total. The lowest BCUT2D eigenvalue weighted by Gasteiger charge is -2.08. The van der Waals surface area contributed by atoms with Gasteiger partial charge in [-0.05, 0) is 61.0 Å². The van der Waals surface area contributed by atoms with E-state index in [9.17, 15) is 9.59 Å². The summed E-state index contributed by atoms with van der Waals surface area (Å²) in [4.78, 5) is 24.3. The van der Waals surface area contributed by atoms with E-state index in [-0.39, 0.29) is 12.5 Å². The van der Waals surface area contributed by atoms with Gasteiger partial charge in [0, 0.05) is 10.7 Å². The minimum absolute atomic E-state index is 0.175. The molecule has 0 fully saturated rings. The molecule has 31 heavy (non-hydrogen) atoms. The fourth-order valence-corrected chi connectivity index (χ4v) is 2.91. The minimum Gasteiger partial charge on any atom is -0.484 e. The summed E-state index contributed by atoms with van der Waals surface area (Å²) in [5.41, 5.74) is 4.85. The molecule has 0 aliphatic carbocycles. The van der Waals surface area contributed by atoms with Crippen molar-refractivity contribution in [3.05, 3.63) is 94.0 Å². The van der Waals surface area contributed by atoms with Crippen LogP contribution in [0.3, 0.4) is 0 Å². The van der Waals surface area contributed by atoms with Crippen LogP contribution in [-0.2, 0) is 4.79 Å². The number of carbonyl (C=O) groups excluding carboxylic acids is 2. The maximum absolute atomic E-state index is 12.3. The van der Waals surface area contributed by atoms with E-state index in [0.717, 1.165) is 5.56 Å². The Balaban J connectivity index is 1.53. The number of ether oxygens (including phenoxy) is 1. The van der Waals surface area contributed by atoms with E-state index < -0.39 is 5.91 Å². The highest BCUT2D eigenvalue weighted by Crippen LogP contribution is 2.18. The lowest BCUT2D eigenvalue weighted by Crippen LogP contribution is -2.25. The molecule has 0 radical (unpaired) electrons. The standard InChI is InChI=1S/C23H19Cl2N3O3/c1-15(27-28-22(29)14-31-19-12-8-17(24)9-13-19)16-6-10-18(11-7-16)26-23(30)20-4-2-3-5-21(20)25/h2-13H,14H2,1H3,(H,26,30)(H,28,29)/b27-15+. The van der Waals surface area contributed by atoms with E-state index >= 15 is 0 Å². The Labute approximate surface area is 189 Å². The average molecular weight is 456 g/mol. The molecular formula is C23H19Cl2N3O3. The fourth-order valence-electron chi connectivity index (χ4n) is 2.56. The summed E-state index contributed by atoms with van der Waals surface area (Å²) in [6.07, 6.45) is 0. The molecule has 0 aromatic heterocycles. The minimum atomic E-state index is -0.391. The van der Waals surface area contributed by atoms with Gasteiger partial charge in [-0.3, -0.25) is 9.59 Å². The third-order valence-electron chi connectivity index (χ3n) is 4.21. The zero-order chi connectivity index (χ0) is 22.2. The van der Waals surface area contributed by atoms with Crippen LogP contribution in [0.5, 0.6) is 5.75 Å². The third-order valence-corrected chi connectivity index (χ3v) is 4.79. The SMILES string of the molecule is C/C(=N\NC(=O)COc1ccc(Cl)cc1)c1ccc(NC(=O)c2ccccc2Cl)cc1. The Hall–Kier alpha value is -3.35. The second kappa shape index (κ2) is 10.6. The van der Waals surface area contributed by atoms with E-state index in [1.807, 2.05) is 0 Å². The lowest BCUT2D eigenvalue weighted by molar-refractivity contribution is -0.123. The van der Waals surface area contributed by atoms with Crippen LogP contribution in [0.2, 0.25) is 10.0 Å². The van der Waals surface area contributed by atoms with Gasteiger partial charge in [0.05, 0.1) is 16.3 Å². The zero-order valence-electron chi connectivity index (χ0n) is 16.6. The summed E-state index contributed by atoms with van der Waals surface area (Å²) in [7, 11) is 0. The average Bonchev–Trinajstić information content (AvgIpc) is 2.78. The van der Waals surface area contributed by atoms with Crippen molar-refractivity contribution in [2.24, 2.45) is 5.10 Å². The van der Waals surface area contributed by atoms with E-state index in [2.05, 4.69) is 15.8 Å². The number of nitrogens with one attached hydrogen (secondary N) is 2. The molecule has 2 N–H and O–H groups in total. The number of anilines is 1. The summed E-state index contributed by atoms with van der Waals surface area (Å²) in [5.74, 6) is -0.149. The van der Waals surface area contributed by atoms with Gasteiger partial charge in [-0.25, -0.2) is 5.43 Å². The quantitative estimate of drug-likeness (QED) is 0.381. The highest BCUT2D eigenvalue weighted by Gasteiger charge is 2.10. The summed E-state index contributed by atoms with van der Waals surface area (Å²) in [5, 5.41) is 7.85. The van der Waals surface area contributed by atoms with Gasteiger partial charge >= 0.3 is 0 Å². The van der Waals surface area contributed by atoms with Gasteiger partial charge in [0.2, 0.25) is 0 Å². The van der Waals surface area contributed by atoms with Gasteiger partial charge < -0.3 is 10.1 Å².